The summed E-state index contributed by atoms with van der Waals surface area (Å²) in [5.41, 5.74) is 6.24. The van der Waals surface area contributed by atoms with Crippen LogP contribution in [0.2, 0.25) is 0 Å². The van der Waals surface area contributed by atoms with Crippen LogP contribution in [-0.4, -0.2) is 38.3 Å². The maximum Gasteiger partial charge on any atom is 0.160 e. The van der Waals surface area contributed by atoms with Crippen molar-refractivity contribution in [3.8, 4) is 17.2 Å². The third-order valence-corrected chi connectivity index (χ3v) is 7.99. The smallest absolute Gasteiger partial charge is 0.160 e. The number of benzene rings is 3. The Labute approximate surface area is 206 Å². The molecule has 0 aliphatic carbocycles. The highest BCUT2D eigenvalue weighted by Gasteiger charge is 2.30. The van der Waals surface area contributed by atoms with Crippen molar-refractivity contribution < 1.29 is 14.2 Å². The molecule has 2 aliphatic heterocycles. The van der Waals surface area contributed by atoms with Gasteiger partial charge < -0.3 is 14.2 Å². The number of fused-ring (bicyclic) bond motifs is 2. The lowest BCUT2D eigenvalue weighted by molar-refractivity contribution is 0.181. The number of nitrogens with zero attached hydrogens (tertiary/aromatic N) is 1. The van der Waals surface area contributed by atoms with Gasteiger partial charge in [0.2, 0.25) is 0 Å². The first-order valence-electron chi connectivity index (χ1n) is 11.9. The maximum atomic E-state index is 6.45. The molecule has 2 atom stereocenters. The first kappa shape index (κ1) is 22.9. The molecule has 0 N–H and O–H groups in total. The van der Waals surface area contributed by atoms with Crippen LogP contribution < -0.4 is 14.2 Å². The first-order valence-corrected chi connectivity index (χ1v) is 12.9. The summed E-state index contributed by atoms with van der Waals surface area (Å²) in [6.45, 7) is 3.12. The highest BCUT2D eigenvalue weighted by molar-refractivity contribution is 7.99. The molecular formula is C29H31NO3S. The SMILES string of the molecule is COc1ccc(CC2=NCCc3cc4c(cc32)C[C@H]([C@@H](C)CSc2ccccc2)O4)cc1OC. The Hall–Kier alpha value is -2.92. The average molecular weight is 474 g/mol. The summed E-state index contributed by atoms with van der Waals surface area (Å²) in [6, 6.07) is 21.3. The van der Waals surface area contributed by atoms with E-state index in [1.54, 1.807) is 14.2 Å². The van der Waals surface area contributed by atoms with Crippen molar-refractivity contribution >= 4 is 17.5 Å². The lowest BCUT2D eigenvalue weighted by Crippen LogP contribution is -2.24. The Morgan fingerprint density at radius 2 is 1.82 bits per heavy atom. The minimum Gasteiger partial charge on any atom is -0.493 e. The van der Waals surface area contributed by atoms with Gasteiger partial charge in [0.25, 0.3) is 0 Å². The Bertz CT molecular complexity index is 1190. The molecule has 176 valence electrons. The van der Waals surface area contributed by atoms with Crippen LogP contribution in [0, 0.1) is 5.92 Å². The van der Waals surface area contributed by atoms with Crippen LogP contribution in [0.25, 0.3) is 0 Å². The van der Waals surface area contributed by atoms with Gasteiger partial charge in [0, 0.05) is 41.7 Å². The van der Waals surface area contributed by atoms with Crippen LogP contribution in [0.15, 0.2) is 70.6 Å². The minimum atomic E-state index is 0.223. The van der Waals surface area contributed by atoms with E-state index in [2.05, 4.69) is 55.5 Å². The molecule has 0 unspecified atom stereocenters. The lowest BCUT2D eigenvalue weighted by atomic mass is 9.90. The van der Waals surface area contributed by atoms with Crippen molar-refractivity contribution in [3.05, 3.63) is 82.9 Å². The molecule has 3 aromatic rings. The molecule has 2 aliphatic rings. The molecular weight excluding hydrogens is 442 g/mol. The van der Waals surface area contributed by atoms with Crippen LogP contribution in [0.3, 0.4) is 0 Å². The van der Waals surface area contributed by atoms with E-state index in [1.165, 1.54) is 27.1 Å². The largest absolute Gasteiger partial charge is 0.493 e. The molecule has 0 fully saturated rings. The van der Waals surface area contributed by atoms with E-state index in [-0.39, 0.29) is 6.10 Å². The maximum absolute atomic E-state index is 6.45. The summed E-state index contributed by atoms with van der Waals surface area (Å²) < 4.78 is 17.3. The van der Waals surface area contributed by atoms with Gasteiger partial charge in [0.1, 0.15) is 11.9 Å². The highest BCUT2D eigenvalue weighted by atomic mass is 32.2. The molecule has 3 aromatic carbocycles. The van der Waals surface area contributed by atoms with Gasteiger partial charge in [-0.2, -0.15) is 0 Å². The highest BCUT2D eigenvalue weighted by Crippen LogP contribution is 2.37. The second-order valence-electron chi connectivity index (χ2n) is 9.02. The Balaban J connectivity index is 1.30. The van der Waals surface area contributed by atoms with Gasteiger partial charge in [-0.1, -0.05) is 31.2 Å². The van der Waals surface area contributed by atoms with E-state index in [0.29, 0.717) is 5.92 Å². The molecule has 34 heavy (non-hydrogen) atoms. The molecule has 0 aromatic heterocycles. The van der Waals surface area contributed by atoms with E-state index in [9.17, 15) is 0 Å². The van der Waals surface area contributed by atoms with E-state index < -0.39 is 0 Å². The van der Waals surface area contributed by atoms with Gasteiger partial charge in [-0.15, -0.1) is 11.8 Å². The van der Waals surface area contributed by atoms with Gasteiger partial charge in [-0.25, -0.2) is 0 Å². The quantitative estimate of drug-likeness (QED) is 0.375. The number of thioether (sulfide) groups is 1. The van der Waals surface area contributed by atoms with Crippen LogP contribution in [0.1, 0.15) is 29.2 Å². The van der Waals surface area contributed by atoms with Crippen molar-refractivity contribution in [3.63, 3.8) is 0 Å². The Kier molecular flexibility index (Phi) is 6.82. The van der Waals surface area contributed by atoms with Crippen molar-refractivity contribution in [2.75, 3.05) is 26.5 Å². The second kappa shape index (κ2) is 10.1. The summed E-state index contributed by atoms with van der Waals surface area (Å²) in [4.78, 5) is 6.22. The van der Waals surface area contributed by atoms with Crippen LogP contribution in [0.5, 0.6) is 17.2 Å². The van der Waals surface area contributed by atoms with Crippen molar-refractivity contribution in [2.24, 2.45) is 10.9 Å². The van der Waals surface area contributed by atoms with Crippen LogP contribution in [0.4, 0.5) is 0 Å². The number of aliphatic imine (C=N–C) groups is 1. The van der Waals surface area contributed by atoms with Gasteiger partial charge in [0.05, 0.1) is 14.2 Å². The second-order valence-corrected chi connectivity index (χ2v) is 10.1. The average Bonchev–Trinajstić information content (AvgIpc) is 3.30. The van der Waals surface area contributed by atoms with E-state index in [4.69, 9.17) is 19.2 Å². The van der Waals surface area contributed by atoms with Crippen molar-refractivity contribution in [1.82, 2.24) is 0 Å². The van der Waals surface area contributed by atoms with Crippen molar-refractivity contribution in [1.29, 1.82) is 0 Å². The monoisotopic (exact) mass is 473 g/mol. The zero-order valence-corrected chi connectivity index (χ0v) is 20.9. The third kappa shape index (κ3) is 4.80. The number of hydrogen-bond acceptors (Lipinski definition) is 5. The molecule has 0 saturated heterocycles. The fourth-order valence-electron chi connectivity index (χ4n) is 4.73. The number of ether oxygens (including phenoxy) is 3. The van der Waals surface area contributed by atoms with Crippen LogP contribution in [-0.2, 0) is 19.3 Å². The zero-order valence-electron chi connectivity index (χ0n) is 20.0. The summed E-state index contributed by atoms with van der Waals surface area (Å²) in [6.07, 6.45) is 2.93. The number of hydrogen-bond donors (Lipinski definition) is 0. The van der Waals surface area contributed by atoms with Crippen LogP contribution >= 0.6 is 11.8 Å². The lowest BCUT2D eigenvalue weighted by Gasteiger charge is -2.20. The number of rotatable bonds is 8. The molecule has 0 spiro atoms. The summed E-state index contributed by atoms with van der Waals surface area (Å²) >= 11 is 1.91. The number of methoxy groups -OCH3 is 2. The van der Waals surface area contributed by atoms with Crippen molar-refractivity contribution in [2.45, 2.75) is 37.2 Å². The molecule has 5 heteroatoms. The summed E-state index contributed by atoms with van der Waals surface area (Å²) in [7, 11) is 3.34. The van der Waals surface area contributed by atoms with E-state index in [1.807, 2.05) is 23.9 Å². The summed E-state index contributed by atoms with van der Waals surface area (Å²) in [5.74, 6) is 4.08. The molecule has 4 nitrogen and oxygen atoms in total. The summed E-state index contributed by atoms with van der Waals surface area (Å²) in [5, 5.41) is 0. The Morgan fingerprint density at radius 3 is 2.62 bits per heavy atom. The van der Waals surface area contributed by atoms with E-state index >= 15 is 0 Å². The molecule has 0 saturated carbocycles. The van der Waals surface area contributed by atoms with Gasteiger partial charge in [-0.05, 0) is 65.1 Å². The normalized spacial score (nSPS) is 17.3. The topological polar surface area (TPSA) is 40.0 Å². The molecule has 5 rings (SSSR count). The zero-order chi connectivity index (χ0) is 23.5. The Morgan fingerprint density at radius 1 is 1.00 bits per heavy atom. The molecule has 0 radical (unpaired) electrons. The van der Waals surface area contributed by atoms with Gasteiger partial charge in [0.15, 0.2) is 11.5 Å². The minimum absolute atomic E-state index is 0.223. The molecule has 0 amide bonds. The standard InChI is InChI=1S/C29H31NO3S/c1-19(18-34-23-7-5-4-6-8-23)27-17-22-15-24-21(16-28(22)33-27)11-12-30-25(24)13-20-9-10-26(31-2)29(14-20)32-3/h4-10,14-16,19,27H,11-13,17-18H2,1-3H3/t19-,27+/m0/s1. The van der Waals surface area contributed by atoms with Gasteiger partial charge in [-0.3, -0.25) is 4.99 Å². The third-order valence-electron chi connectivity index (χ3n) is 6.69. The fraction of sp³-hybridized carbons (Fsp3) is 0.345. The predicted octanol–water partition coefficient (Wildman–Crippen LogP) is 6.02. The fourth-order valence-corrected chi connectivity index (χ4v) is 5.75. The van der Waals surface area contributed by atoms with Gasteiger partial charge >= 0.3 is 0 Å². The van der Waals surface area contributed by atoms with E-state index in [0.717, 1.165) is 54.5 Å². The predicted molar refractivity (Wildman–Crippen MR) is 139 cm³/mol. The first-order chi connectivity index (χ1) is 16.6. The molecule has 2 heterocycles. The molecule has 0 bridgehead atoms.